The van der Waals surface area contributed by atoms with E-state index in [-0.39, 0.29) is 5.91 Å². The molecule has 3 aromatic heterocycles. The minimum atomic E-state index is -0.0787. The summed E-state index contributed by atoms with van der Waals surface area (Å²) in [6.07, 6.45) is 3.42. The molecule has 1 aliphatic rings. The number of ether oxygens (including phenoxy) is 2. The van der Waals surface area contributed by atoms with Crippen LogP contribution >= 0.6 is 0 Å². The van der Waals surface area contributed by atoms with E-state index in [0.29, 0.717) is 29.4 Å². The van der Waals surface area contributed by atoms with Gasteiger partial charge in [0.05, 0.1) is 49.6 Å². The zero-order valence-corrected chi connectivity index (χ0v) is 19.6. The van der Waals surface area contributed by atoms with E-state index in [1.165, 1.54) is 0 Å². The Bertz CT molecular complexity index is 1150. The zero-order valence-electron chi connectivity index (χ0n) is 19.6. The predicted octanol–water partition coefficient (Wildman–Crippen LogP) is 2.71. The maximum absolute atomic E-state index is 13.0. The lowest BCUT2D eigenvalue weighted by atomic mass is 10.1. The van der Waals surface area contributed by atoms with Gasteiger partial charge >= 0.3 is 0 Å². The van der Waals surface area contributed by atoms with Crippen molar-refractivity contribution in [3.63, 3.8) is 0 Å². The van der Waals surface area contributed by atoms with Crippen LogP contribution in [0.2, 0.25) is 0 Å². The summed E-state index contributed by atoms with van der Waals surface area (Å²) in [4.78, 5) is 32.5. The SMILES string of the molecule is COc1cc(-c2ccc3c(n2)CN(c2ccc(N(C)CCN(C)C)nc2)C3=O)cnc1OC. The van der Waals surface area contributed by atoms with E-state index in [2.05, 4.69) is 19.8 Å². The fourth-order valence-electron chi connectivity index (χ4n) is 3.65. The Morgan fingerprint density at radius 3 is 2.48 bits per heavy atom. The highest BCUT2D eigenvalue weighted by atomic mass is 16.5. The lowest BCUT2D eigenvalue weighted by molar-refractivity contribution is 0.0996. The summed E-state index contributed by atoms with van der Waals surface area (Å²) < 4.78 is 10.6. The minimum Gasteiger partial charge on any atom is -0.491 e. The van der Waals surface area contributed by atoms with Crippen molar-refractivity contribution in [2.75, 3.05) is 58.3 Å². The zero-order chi connectivity index (χ0) is 23.5. The van der Waals surface area contributed by atoms with Crippen molar-refractivity contribution in [2.24, 2.45) is 0 Å². The van der Waals surface area contributed by atoms with Crippen molar-refractivity contribution in [2.45, 2.75) is 6.54 Å². The normalized spacial score (nSPS) is 12.8. The van der Waals surface area contributed by atoms with Crippen molar-refractivity contribution >= 4 is 17.4 Å². The fourth-order valence-corrected chi connectivity index (χ4v) is 3.65. The molecule has 0 aromatic carbocycles. The maximum Gasteiger partial charge on any atom is 0.260 e. The Labute approximate surface area is 193 Å². The van der Waals surface area contributed by atoms with E-state index >= 15 is 0 Å². The van der Waals surface area contributed by atoms with Crippen LogP contribution in [0.4, 0.5) is 11.5 Å². The molecule has 0 atom stereocenters. The molecule has 0 aliphatic carbocycles. The quantitative estimate of drug-likeness (QED) is 0.520. The summed E-state index contributed by atoms with van der Waals surface area (Å²) in [6, 6.07) is 9.33. The fraction of sp³-hybridized carbons (Fsp3) is 0.333. The number of likely N-dealkylation sites (N-methyl/N-ethyl adjacent to an activating group) is 2. The molecule has 3 aromatic rings. The summed E-state index contributed by atoms with van der Waals surface area (Å²) in [5.41, 5.74) is 3.57. The number of pyridine rings is 3. The third-order valence-electron chi connectivity index (χ3n) is 5.60. The molecule has 0 saturated carbocycles. The number of anilines is 2. The number of fused-ring (bicyclic) bond motifs is 1. The van der Waals surface area contributed by atoms with Gasteiger partial charge in [-0.1, -0.05) is 0 Å². The molecule has 0 unspecified atom stereocenters. The van der Waals surface area contributed by atoms with Crippen molar-refractivity contribution in [1.29, 1.82) is 0 Å². The molecule has 0 radical (unpaired) electrons. The molecule has 4 rings (SSSR count). The number of carbonyl (C=O) groups excluding carboxylic acids is 1. The molecule has 172 valence electrons. The van der Waals surface area contributed by atoms with Crippen LogP contribution in [0.3, 0.4) is 0 Å². The molecule has 4 heterocycles. The lowest BCUT2D eigenvalue weighted by Gasteiger charge is -2.21. The van der Waals surface area contributed by atoms with Crippen LogP contribution in [0.25, 0.3) is 11.3 Å². The Kier molecular flexibility index (Phi) is 6.41. The summed E-state index contributed by atoms with van der Waals surface area (Å²) >= 11 is 0. The second kappa shape index (κ2) is 9.41. The number of methoxy groups -OCH3 is 2. The molecule has 1 aliphatic heterocycles. The highest BCUT2D eigenvalue weighted by Gasteiger charge is 2.30. The monoisotopic (exact) mass is 448 g/mol. The first-order chi connectivity index (χ1) is 15.9. The van der Waals surface area contributed by atoms with Crippen LogP contribution in [0.1, 0.15) is 16.1 Å². The first kappa shape index (κ1) is 22.5. The van der Waals surface area contributed by atoms with E-state index in [1.54, 1.807) is 31.5 Å². The second-order valence-electron chi connectivity index (χ2n) is 8.12. The van der Waals surface area contributed by atoms with E-state index in [0.717, 1.165) is 35.9 Å². The number of hydrogen-bond donors (Lipinski definition) is 0. The predicted molar refractivity (Wildman–Crippen MR) is 127 cm³/mol. The van der Waals surface area contributed by atoms with Gasteiger partial charge in [-0.3, -0.25) is 9.78 Å². The second-order valence-corrected chi connectivity index (χ2v) is 8.12. The third kappa shape index (κ3) is 4.58. The molecule has 9 nitrogen and oxygen atoms in total. The van der Waals surface area contributed by atoms with Crippen molar-refractivity contribution in [3.8, 4) is 22.9 Å². The number of amides is 1. The molecular weight excluding hydrogens is 420 g/mol. The molecule has 0 fully saturated rings. The van der Waals surface area contributed by atoms with Crippen molar-refractivity contribution < 1.29 is 14.3 Å². The summed E-state index contributed by atoms with van der Waals surface area (Å²) in [6.45, 7) is 2.19. The number of nitrogens with zero attached hydrogens (tertiary/aromatic N) is 6. The van der Waals surface area contributed by atoms with Gasteiger partial charge in [0.1, 0.15) is 5.82 Å². The van der Waals surface area contributed by atoms with Gasteiger partial charge in [0, 0.05) is 31.9 Å². The van der Waals surface area contributed by atoms with Crippen LogP contribution in [0.15, 0.2) is 42.7 Å². The summed E-state index contributed by atoms with van der Waals surface area (Å²) in [7, 11) is 9.21. The molecule has 0 bridgehead atoms. The Morgan fingerprint density at radius 2 is 1.82 bits per heavy atom. The number of hydrogen-bond acceptors (Lipinski definition) is 8. The average Bonchev–Trinajstić information content (AvgIpc) is 3.17. The Hall–Kier alpha value is -3.72. The lowest BCUT2D eigenvalue weighted by Crippen LogP contribution is -2.29. The van der Waals surface area contributed by atoms with Gasteiger partial charge in [-0.25, -0.2) is 9.97 Å². The van der Waals surface area contributed by atoms with Gasteiger partial charge in [0.2, 0.25) is 0 Å². The maximum atomic E-state index is 13.0. The van der Waals surface area contributed by atoms with Gasteiger partial charge < -0.3 is 24.2 Å². The average molecular weight is 449 g/mol. The van der Waals surface area contributed by atoms with Crippen LogP contribution in [-0.4, -0.2) is 74.2 Å². The highest BCUT2D eigenvalue weighted by Crippen LogP contribution is 2.32. The molecule has 9 heteroatoms. The summed E-state index contributed by atoms with van der Waals surface area (Å²) in [5.74, 6) is 1.72. The first-order valence-corrected chi connectivity index (χ1v) is 10.6. The molecule has 33 heavy (non-hydrogen) atoms. The number of carbonyl (C=O) groups is 1. The first-order valence-electron chi connectivity index (χ1n) is 10.6. The van der Waals surface area contributed by atoms with E-state index in [9.17, 15) is 4.79 Å². The van der Waals surface area contributed by atoms with Gasteiger partial charge in [-0.2, -0.15) is 0 Å². The number of aromatic nitrogens is 3. The smallest absolute Gasteiger partial charge is 0.260 e. The molecule has 1 amide bonds. The Morgan fingerprint density at radius 1 is 1.00 bits per heavy atom. The molecule has 0 N–H and O–H groups in total. The van der Waals surface area contributed by atoms with Gasteiger partial charge in [0.25, 0.3) is 11.8 Å². The third-order valence-corrected chi connectivity index (χ3v) is 5.60. The standard InChI is InChI=1S/C24H28N6O3/c1-28(2)10-11-29(3)22-9-6-17(14-25-22)30-15-20-18(24(30)31)7-8-19(27-20)16-12-21(32-4)23(33-5)26-13-16/h6-9,12-14H,10-11,15H2,1-5H3. The van der Waals surface area contributed by atoms with Crippen molar-refractivity contribution in [1.82, 2.24) is 19.9 Å². The Balaban J connectivity index is 1.53. The minimum absolute atomic E-state index is 0.0787. The largest absolute Gasteiger partial charge is 0.491 e. The van der Waals surface area contributed by atoms with Crippen LogP contribution in [-0.2, 0) is 6.54 Å². The van der Waals surface area contributed by atoms with E-state index < -0.39 is 0 Å². The van der Waals surface area contributed by atoms with Crippen LogP contribution in [0.5, 0.6) is 11.6 Å². The highest BCUT2D eigenvalue weighted by molar-refractivity contribution is 6.09. The van der Waals surface area contributed by atoms with Crippen molar-refractivity contribution in [3.05, 3.63) is 54.0 Å². The van der Waals surface area contributed by atoms with Crippen LogP contribution < -0.4 is 19.3 Å². The summed E-state index contributed by atoms with van der Waals surface area (Å²) in [5, 5.41) is 0. The topological polar surface area (TPSA) is 83.9 Å². The van der Waals surface area contributed by atoms with E-state index in [1.807, 2.05) is 51.5 Å². The van der Waals surface area contributed by atoms with Gasteiger partial charge in [-0.15, -0.1) is 0 Å². The number of rotatable bonds is 8. The van der Waals surface area contributed by atoms with E-state index in [4.69, 9.17) is 14.5 Å². The van der Waals surface area contributed by atoms with Gasteiger partial charge in [-0.05, 0) is 44.4 Å². The molecular formula is C24H28N6O3. The molecule has 0 spiro atoms. The molecule has 0 saturated heterocycles. The van der Waals surface area contributed by atoms with Crippen LogP contribution in [0, 0.1) is 0 Å². The van der Waals surface area contributed by atoms with Gasteiger partial charge in [0.15, 0.2) is 5.75 Å².